The molecule has 2 N–H and O–H groups in total. The number of methoxy groups -OCH3 is 1. The molecular formula is C19H23N5O2. The van der Waals surface area contributed by atoms with Crippen molar-refractivity contribution in [3.8, 4) is 5.75 Å². The van der Waals surface area contributed by atoms with E-state index in [9.17, 15) is 5.11 Å². The van der Waals surface area contributed by atoms with E-state index < -0.39 is 6.10 Å². The van der Waals surface area contributed by atoms with Crippen LogP contribution in [0.25, 0.3) is 0 Å². The first-order chi connectivity index (χ1) is 12.7. The summed E-state index contributed by atoms with van der Waals surface area (Å²) in [4.78, 5) is 15.0. The smallest absolute Gasteiger partial charge is 0.225 e. The lowest BCUT2D eigenvalue weighted by molar-refractivity contribution is 0.219. The van der Waals surface area contributed by atoms with Crippen LogP contribution in [0, 0.1) is 0 Å². The van der Waals surface area contributed by atoms with Gasteiger partial charge in [-0.1, -0.05) is 12.1 Å². The Morgan fingerprint density at radius 2 is 1.92 bits per heavy atom. The molecule has 136 valence electrons. The lowest BCUT2D eigenvalue weighted by atomic mass is 10.0. The first kappa shape index (κ1) is 17.9. The Balaban J connectivity index is 1.74. The van der Waals surface area contributed by atoms with Crippen LogP contribution in [0.3, 0.4) is 0 Å². The molecule has 1 aliphatic rings. The third kappa shape index (κ3) is 3.67. The molecule has 2 aromatic rings. The Kier molecular flexibility index (Phi) is 5.48. The average Bonchev–Trinajstić information content (AvgIpc) is 2.73. The zero-order valence-electron chi connectivity index (χ0n) is 15.0. The second-order valence-corrected chi connectivity index (χ2v) is 6.00. The van der Waals surface area contributed by atoms with E-state index >= 15 is 0 Å². The van der Waals surface area contributed by atoms with Gasteiger partial charge in [0.2, 0.25) is 5.95 Å². The van der Waals surface area contributed by atoms with Crippen molar-refractivity contribution in [1.29, 1.82) is 0 Å². The molecule has 7 nitrogen and oxygen atoms in total. The second kappa shape index (κ2) is 7.97. The van der Waals surface area contributed by atoms with Crippen LogP contribution in [0.2, 0.25) is 0 Å². The number of hydrogen-bond acceptors (Lipinski definition) is 7. The van der Waals surface area contributed by atoms with Crippen molar-refractivity contribution in [3.63, 3.8) is 0 Å². The summed E-state index contributed by atoms with van der Waals surface area (Å²) in [5, 5.41) is 13.7. The number of aromatic nitrogens is 2. The molecule has 0 saturated heterocycles. The number of hydrogen-bond donors (Lipinski definition) is 2. The molecule has 0 amide bonds. The number of nitrogens with one attached hydrogen (secondary N) is 1. The van der Waals surface area contributed by atoms with Crippen LogP contribution in [0.5, 0.6) is 5.75 Å². The van der Waals surface area contributed by atoms with E-state index in [1.54, 1.807) is 19.5 Å². The molecule has 1 aromatic carbocycles. The van der Waals surface area contributed by atoms with Gasteiger partial charge in [0.1, 0.15) is 11.9 Å². The highest BCUT2D eigenvalue weighted by molar-refractivity contribution is 5.41. The van der Waals surface area contributed by atoms with E-state index in [0.29, 0.717) is 18.1 Å². The van der Waals surface area contributed by atoms with Crippen LogP contribution in [0.4, 0.5) is 5.95 Å². The molecule has 0 saturated carbocycles. The third-order valence-electron chi connectivity index (χ3n) is 4.50. The Hall–Kier alpha value is -2.93. The van der Waals surface area contributed by atoms with Gasteiger partial charge in [-0.05, 0) is 24.4 Å². The van der Waals surface area contributed by atoms with E-state index in [0.717, 1.165) is 35.7 Å². The van der Waals surface area contributed by atoms with E-state index in [-0.39, 0.29) is 0 Å². The Bertz CT molecular complexity index is 787. The fourth-order valence-electron chi connectivity index (χ4n) is 2.95. The number of aliphatic imine (C=N–C) groups is 1. The Labute approximate surface area is 153 Å². The SMILES string of the molecule is C=NC1=C(NC)CCN(c2ncc(C(O)c3ccc(OC)cc3)cn2)C1. The van der Waals surface area contributed by atoms with Crippen molar-refractivity contribution in [2.24, 2.45) is 4.99 Å². The molecule has 0 spiro atoms. The number of nitrogens with zero attached hydrogens (tertiary/aromatic N) is 4. The highest BCUT2D eigenvalue weighted by atomic mass is 16.5. The zero-order valence-corrected chi connectivity index (χ0v) is 15.0. The predicted octanol–water partition coefficient (Wildman–Crippen LogP) is 1.91. The number of aliphatic hydroxyl groups excluding tert-OH is 1. The van der Waals surface area contributed by atoms with Crippen molar-refractivity contribution in [1.82, 2.24) is 15.3 Å². The fourth-order valence-corrected chi connectivity index (χ4v) is 2.95. The minimum Gasteiger partial charge on any atom is -0.497 e. The van der Waals surface area contributed by atoms with E-state index in [1.807, 2.05) is 36.2 Å². The largest absolute Gasteiger partial charge is 0.497 e. The van der Waals surface area contributed by atoms with Crippen molar-refractivity contribution in [3.05, 3.63) is 59.2 Å². The zero-order chi connectivity index (χ0) is 18.5. The molecule has 0 radical (unpaired) electrons. The monoisotopic (exact) mass is 353 g/mol. The van der Waals surface area contributed by atoms with Gasteiger partial charge in [0.25, 0.3) is 0 Å². The average molecular weight is 353 g/mol. The lowest BCUT2D eigenvalue weighted by Crippen LogP contribution is -2.35. The molecule has 7 heteroatoms. The maximum Gasteiger partial charge on any atom is 0.225 e. The summed E-state index contributed by atoms with van der Waals surface area (Å²) in [6.45, 7) is 5.05. The topological polar surface area (TPSA) is 82.9 Å². The van der Waals surface area contributed by atoms with Crippen LogP contribution in [-0.4, -0.2) is 49.0 Å². The van der Waals surface area contributed by atoms with Crippen LogP contribution < -0.4 is 15.0 Å². The third-order valence-corrected chi connectivity index (χ3v) is 4.50. The molecule has 26 heavy (non-hydrogen) atoms. The van der Waals surface area contributed by atoms with Gasteiger partial charge in [-0.15, -0.1) is 0 Å². The molecule has 0 fully saturated rings. The van der Waals surface area contributed by atoms with Gasteiger partial charge in [-0.2, -0.15) is 0 Å². The molecule has 3 rings (SSSR count). The number of anilines is 1. The highest BCUT2D eigenvalue weighted by Gasteiger charge is 2.20. The molecule has 0 aliphatic carbocycles. The second-order valence-electron chi connectivity index (χ2n) is 6.00. The number of aliphatic hydroxyl groups is 1. The summed E-state index contributed by atoms with van der Waals surface area (Å²) in [5.74, 6) is 1.37. The molecule has 1 aliphatic heterocycles. The quantitative estimate of drug-likeness (QED) is 0.772. The first-order valence-corrected chi connectivity index (χ1v) is 8.41. The predicted molar refractivity (Wildman–Crippen MR) is 102 cm³/mol. The van der Waals surface area contributed by atoms with Gasteiger partial charge in [0, 0.05) is 43.7 Å². The molecule has 2 heterocycles. The minimum absolute atomic E-state index is 0.611. The molecule has 0 bridgehead atoms. The summed E-state index contributed by atoms with van der Waals surface area (Å²) in [5.41, 5.74) is 3.41. The fraction of sp³-hybridized carbons (Fsp3) is 0.316. The first-order valence-electron chi connectivity index (χ1n) is 8.41. The summed E-state index contributed by atoms with van der Waals surface area (Å²) in [7, 11) is 3.50. The van der Waals surface area contributed by atoms with Crippen LogP contribution in [0.1, 0.15) is 23.7 Å². The maximum absolute atomic E-state index is 10.5. The Morgan fingerprint density at radius 3 is 2.50 bits per heavy atom. The highest BCUT2D eigenvalue weighted by Crippen LogP contribution is 2.25. The molecule has 1 atom stereocenters. The van der Waals surface area contributed by atoms with Gasteiger partial charge >= 0.3 is 0 Å². The number of ether oxygens (including phenoxy) is 1. The number of rotatable bonds is 6. The van der Waals surface area contributed by atoms with Crippen LogP contribution in [-0.2, 0) is 0 Å². The van der Waals surface area contributed by atoms with Crippen molar-refractivity contribution < 1.29 is 9.84 Å². The van der Waals surface area contributed by atoms with Gasteiger partial charge in [0.15, 0.2) is 0 Å². The van der Waals surface area contributed by atoms with Gasteiger partial charge in [-0.3, -0.25) is 4.99 Å². The summed E-state index contributed by atoms with van der Waals surface area (Å²) < 4.78 is 5.14. The summed E-state index contributed by atoms with van der Waals surface area (Å²) in [6, 6.07) is 7.29. The van der Waals surface area contributed by atoms with Crippen LogP contribution in [0.15, 0.2) is 53.0 Å². The maximum atomic E-state index is 10.5. The van der Waals surface area contributed by atoms with Gasteiger partial charge < -0.3 is 20.1 Å². The molecule has 1 aromatic heterocycles. The van der Waals surface area contributed by atoms with Crippen molar-refractivity contribution in [2.45, 2.75) is 12.5 Å². The van der Waals surface area contributed by atoms with E-state index in [1.165, 1.54) is 0 Å². The lowest BCUT2D eigenvalue weighted by Gasteiger charge is -2.29. The number of benzene rings is 1. The van der Waals surface area contributed by atoms with E-state index in [4.69, 9.17) is 4.74 Å². The van der Waals surface area contributed by atoms with Gasteiger partial charge in [-0.25, -0.2) is 9.97 Å². The Morgan fingerprint density at radius 1 is 1.23 bits per heavy atom. The minimum atomic E-state index is -0.780. The molecule has 1 unspecified atom stereocenters. The van der Waals surface area contributed by atoms with E-state index in [2.05, 4.69) is 27.0 Å². The van der Waals surface area contributed by atoms with Gasteiger partial charge in [0.05, 0.1) is 19.4 Å². The normalized spacial score (nSPS) is 15.6. The summed E-state index contributed by atoms with van der Waals surface area (Å²) >= 11 is 0. The molecular weight excluding hydrogens is 330 g/mol. The summed E-state index contributed by atoms with van der Waals surface area (Å²) in [6.07, 6.45) is 3.38. The van der Waals surface area contributed by atoms with Crippen molar-refractivity contribution in [2.75, 3.05) is 32.1 Å². The van der Waals surface area contributed by atoms with Crippen molar-refractivity contribution >= 4 is 12.7 Å². The standard InChI is InChI=1S/C19H23N5O2/c1-20-16-8-9-24(12-17(16)21-2)19-22-10-14(11-23-19)18(25)13-4-6-15(26-3)7-5-13/h4-7,10-11,18,20,25H,2,8-9,12H2,1,3H3. The van der Waals surface area contributed by atoms with Crippen LogP contribution >= 0.6 is 0 Å².